The number of likely N-dealkylation sites (tertiary alicyclic amines) is 1. The zero-order valence-electron chi connectivity index (χ0n) is 14.9. The molecule has 0 N–H and O–H groups in total. The van der Waals surface area contributed by atoms with Crippen molar-refractivity contribution in [1.82, 2.24) is 14.8 Å². The normalized spacial score (nSPS) is 20.9. The summed E-state index contributed by atoms with van der Waals surface area (Å²) in [7, 11) is 0. The quantitative estimate of drug-likeness (QED) is 0.774. The predicted octanol–water partition coefficient (Wildman–Crippen LogP) is 2.89. The largest absolute Gasteiger partial charge is 0.339 e. The molecule has 2 aliphatic heterocycles. The molecule has 0 saturated carbocycles. The van der Waals surface area contributed by atoms with Crippen LogP contribution in [0.3, 0.4) is 0 Å². The Labute approximate surface area is 149 Å². The maximum Gasteiger partial charge on any atom is 0.253 e. The summed E-state index contributed by atoms with van der Waals surface area (Å²) in [4.78, 5) is 33.2. The van der Waals surface area contributed by atoms with Crippen molar-refractivity contribution in [2.45, 2.75) is 45.1 Å². The van der Waals surface area contributed by atoms with Crippen molar-refractivity contribution in [2.24, 2.45) is 5.92 Å². The number of aromatic nitrogens is 1. The summed E-state index contributed by atoms with van der Waals surface area (Å²) in [5, 5.41) is 0. The summed E-state index contributed by atoms with van der Waals surface area (Å²) in [6.45, 7) is 4.22. The third kappa shape index (κ3) is 4.09. The molecule has 0 aliphatic carbocycles. The predicted molar refractivity (Wildman–Crippen MR) is 97.0 cm³/mol. The number of hydrogen-bond acceptors (Lipinski definition) is 3. The van der Waals surface area contributed by atoms with Crippen LogP contribution in [0.1, 0.15) is 49.4 Å². The molecule has 1 atom stereocenters. The van der Waals surface area contributed by atoms with E-state index in [1.807, 2.05) is 9.80 Å². The molecule has 3 heterocycles. The van der Waals surface area contributed by atoms with E-state index in [9.17, 15) is 9.59 Å². The molecular formula is C20H27N3O2. The smallest absolute Gasteiger partial charge is 0.253 e. The molecule has 5 nitrogen and oxygen atoms in total. The second kappa shape index (κ2) is 8.28. The first-order chi connectivity index (χ1) is 12.2. The van der Waals surface area contributed by atoms with E-state index in [1.165, 1.54) is 0 Å². The molecule has 1 fully saturated rings. The van der Waals surface area contributed by atoms with Crippen LogP contribution in [0.25, 0.3) is 0 Å². The minimum absolute atomic E-state index is 0.0389. The molecule has 134 valence electrons. The Hall–Kier alpha value is -2.17. The number of carbonyl (C=O) groups excluding carboxylic acids is 2. The van der Waals surface area contributed by atoms with E-state index in [2.05, 4.69) is 24.1 Å². The third-order valence-electron chi connectivity index (χ3n) is 5.26. The summed E-state index contributed by atoms with van der Waals surface area (Å²) in [6, 6.07) is 3.76. The van der Waals surface area contributed by atoms with Gasteiger partial charge in [-0.15, -0.1) is 0 Å². The van der Waals surface area contributed by atoms with Gasteiger partial charge in [-0.1, -0.05) is 31.9 Å². The summed E-state index contributed by atoms with van der Waals surface area (Å²) >= 11 is 0. The van der Waals surface area contributed by atoms with E-state index in [4.69, 9.17) is 0 Å². The molecule has 0 aromatic carbocycles. The van der Waals surface area contributed by atoms with Gasteiger partial charge in [-0.05, 0) is 31.4 Å². The van der Waals surface area contributed by atoms with Gasteiger partial charge in [0.15, 0.2) is 0 Å². The first-order valence-corrected chi connectivity index (χ1v) is 9.37. The Morgan fingerprint density at radius 2 is 1.92 bits per heavy atom. The summed E-state index contributed by atoms with van der Waals surface area (Å²) < 4.78 is 0. The first kappa shape index (κ1) is 17.6. The Morgan fingerprint density at radius 1 is 1.20 bits per heavy atom. The number of piperidine rings is 1. The molecule has 3 rings (SSSR count). The Morgan fingerprint density at radius 3 is 2.60 bits per heavy atom. The number of carbonyl (C=O) groups is 2. The molecule has 0 unspecified atom stereocenters. The van der Waals surface area contributed by atoms with E-state index in [0.717, 1.165) is 38.6 Å². The first-order valence-electron chi connectivity index (χ1n) is 9.37. The Bertz CT molecular complexity index is 621. The molecule has 5 heteroatoms. The summed E-state index contributed by atoms with van der Waals surface area (Å²) in [5.74, 6) is 0.351. The van der Waals surface area contributed by atoms with Gasteiger partial charge in [0.25, 0.3) is 5.91 Å². The Kier molecular flexibility index (Phi) is 5.84. The van der Waals surface area contributed by atoms with Gasteiger partial charge in [0.1, 0.15) is 0 Å². The number of rotatable bonds is 5. The number of nitrogens with zero attached hydrogens (tertiary/aromatic N) is 3. The van der Waals surface area contributed by atoms with E-state index in [1.54, 1.807) is 24.5 Å². The van der Waals surface area contributed by atoms with Crippen LogP contribution in [0, 0.1) is 5.92 Å². The van der Waals surface area contributed by atoms with E-state index >= 15 is 0 Å². The maximum atomic E-state index is 12.9. The van der Waals surface area contributed by atoms with Gasteiger partial charge in [-0.25, -0.2) is 0 Å². The number of pyridine rings is 1. The van der Waals surface area contributed by atoms with E-state index < -0.39 is 0 Å². The van der Waals surface area contributed by atoms with E-state index in [0.29, 0.717) is 18.7 Å². The van der Waals surface area contributed by atoms with Gasteiger partial charge in [0, 0.05) is 43.5 Å². The molecule has 1 aromatic heterocycles. The SMILES string of the molecule is CCCC[C@@H]1C=CCN1C(=O)C1CCN(C(=O)c2ccncc2)CC1. The average Bonchev–Trinajstić information content (AvgIpc) is 3.14. The van der Waals surface area contributed by atoms with Gasteiger partial charge in [0.2, 0.25) is 5.91 Å². The average molecular weight is 341 g/mol. The van der Waals surface area contributed by atoms with Crippen LogP contribution in [-0.2, 0) is 4.79 Å². The highest BCUT2D eigenvalue weighted by Gasteiger charge is 2.33. The number of amides is 2. The molecule has 0 bridgehead atoms. The standard InChI is InChI=1S/C20H27N3O2/c1-2-3-5-18-6-4-13-23(18)20(25)17-9-14-22(15-10-17)19(24)16-7-11-21-12-8-16/h4,6-8,11-12,17-18H,2-3,5,9-10,13-15H2,1H3/t18-/m1/s1. The molecule has 2 aliphatic rings. The van der Waals surface area contributed by atoms with Crippen LogP contribution < -0.4 is 0 Å². The lowest BCUT2D eigenvalue weighted by molar-refractivity contribution is -0.137. The third-order valence-corrected chi connectivity index (χ3v) is 5.26. The summed E-state index contributed by atoms with van der Waals surface area (Å²) in [6.07, 6.45) is 12.4. The minimum Gasteiger partial charge on any atom is -0.339 e. The van der Waals surface area contributed by atoms with Crippen molar-refractivity contribution in [1.29, 1.82) is 0 Å². The lowest BCUT2D eigenvalue weighted by Gasteiger charge is -2.35. The van der Waals surface area contributed by atoms with Crippen LogP contribution in [0.4, 0.5) is 0 Å². The van der Waals surface area contributed by atoms with Crippen molar-refractivity contribution in [2.75, 3.05) is 19.6 Å². The molecule has 25 heavy (non-hydrogen) atoms. The van der Waals surface area contributed by atoms with Crippen molar-refractivity contribution in [3.05, 3.63) is 42.2 Å². The minimum atomic E-state index is 0.0389. The van der Waals surface area contributed by atoms with Gasteiger partial charge in [0.05, 0.1) is 6.04 Å². The highest BCUT2D eigenvalue weighted by atomic mass is 16.2. The van der Waals surface area contributed by atoms with Crippen molar-refractivity contribution >= 4 is 11.8 Å². The van der Waals surface area contributed by atoms with Crippen molar-refractivity contribution in [3.63, 3.8) is 0 Å². The fourth-order valence-electron chi connectivity index (χ4n) is 3.73. The van der Waals surface area contributed by atoms with Crippen LogP contribution >= 0.6 is 0 Å². The van der Waals surface area contributed by atoms with Crippen LogP contribution in [0.15, 0.2) is 36.7 Å². The van der Waals surface area contributed by atoms with Crippen LogP contribution in [0.5, 0.6) is 0 Å². The van der Waals surface area contributed by atoms with Gasteiger partial charge in [-0.2, -0.15) is 0 Å². The van der Waals surface area contributed by atoms with Crippen molar-refractivity contribution in [3.8, 4) is 0 Å². The number of hydrogen-bond donors (Lipinski definition) is 0. The van der Waals surface area contributed by atoms with Crippen molar-refractivity contribution < 1.29 is 9.59 Å². The van der Waals surface area contributed by atoms with Crippen LogP contribution in [0.2, 0.25) is 0 Å². The monoisotopic (exact) mass is 341 g/mol. The zero-order chi connectivity index (χ0) is 17.6. The van der Waals surface area contributed by atoms with Gasteiger partial charge in [-0.3, -0.25) is 14.6 Å². The molecule has 0 radical (unpaired) electrons. The topological polar surface area (TPSA) is 53.5 Å². The second-order valence-electron chi connectivity index (χ2n) is 6.93. The summed E-state index contributed by atoms with van der Waals surface area (Å²) in [5.41, 5.74) is 0.670. The van der Waals surface area contributed by atoms with E-state index in [-0.39, 0.29) is 23.8 Å². The molecule has 2 amide bonds. The molecular weight excluding hydrogens is 314 g/mol. The Balaban J connectivity index is 1.53. The highest BCUT2D eigenvalue weighted by Crippen LogP contribution is 2.25. The lowest BCUT2D eigenvalue weighted by atomic mass is 9.94. The van der Waals surface area contributed by atoms with Gasteiger partial charge < -0.3 is 9.80 Å². The van der Waals surface area contributed by atoms with Crippen LogP contribution in [-0.4, -0.2) is 52.3 Å². The molecule has 1 saturated heterocycles. The maximum absolute atomic E-state index is 12.9. The second-order valence-corrected chi connectivity index (χ2v) is 6.93. The molecule has 1 aromatic rings. The molecule has 0 spiro atoms. The fraction of sp³-hybridized carbons (Fsp3) is 0.550. The lowest BCUT2D eigenvalue weighted by Crippen LogP contribution is -2.46. The highest BCUT2D eigenvalue weighted by molar-refractivity contribution is 5.94. The number of unbranched alkanes of at least 4 members (excludes halogenated alkanes) is 1. The van der Waals surface area contributed by atoms with Gasteiger partial charge >= 0.3 is 0 Å². The zero-order valence-corrected chi connectivity index (χ0v) is 14.9. The fourth-order valence-corrected chi connectivity index (χ4v) is 3.73.